The standard InChI is InChI=1S/C24H17ClN2O2S2/c1-15-6-2-4-8-20(15)27-23(29)19(22(28)26-24(27)30)14-16-7-3-5-9-21(16)31-18-12-10-17(25)11-13-18/h2-14H,1H3,(H,26,28,30)/b19-14-. The van der Waals surface area contributed by atoms with Crippen LogP contribution in [0.15, 0.2) is 88.2 Å². The van der Waals surface area contributed by atoms with Gasteiger partial charge in [0, 0.05) is 14.8 Å². The van der Waals surface area contributed by atoms with Gasteiger partial charge in [-0.2, -0.15) is 0 Å². The van der Waals surface area contributed by atoms with Gasteiger partial charge in [-0.1, -0.05) is 59.8 Å². The molecule has 1 saturated heterocycles. The fourth-order valence-corrected chi connectivity index (χ4v) is 4.49. The fourth-order valence-electron chi connectivity index (χ4n) is 3.17. The molecular weight excluding hydrogens is 448 g/mol. The third kappa shape index (κ3) is 4.56. The summed E-state index contributed by atoms with van der Waals surface area (Å²) in [6.45, 7) is 1.89. The molecule has 0 atom stereocenters. The lowest BCUT2D eigenvalue weighted by atomic mass is 10.1. The van der Waals surface area contributed by atoms with E-state index in [4.69, 9.17) is 23.8 Å². The summed E-state index contributed by atoms with van der Waals surface area (Å²) < 4.78 is 0. The van der Waals surface area contributed by atoms with Crippen LogP contribution in [0.1, 0.15) is 11.1 Å². The number of carbonyl (C=O) groups is 2. The molecule has 1 aliphatic heterocycles. The summed E-state index contributed by atoms with van der Waals surface area (Å²) in [5.74, 6) is -0.958. The number of halogens is 1. The van der Waals surface area contributed by atoms with E-state index < -0.39 is 11.8 Å². The van der Waals surface area contributed by atoms with Gasteiger partial charge in [0.1, 0.15) is 5.57 Å². The molecule has 3 aromatic rings. The first-order chi connectivity index (χ1) is 14.9. The summed E-state index contributed by atoms with van der Waals surface area (Å²) in [7, 11) is 0. The third-order valence-corrected chi connectivity index (χ3v) is 6.35. The maximum Gasteiger partial charge on any atom is 0.270 e. The van der Waals surface area contributed by atoms with Crippen molar-refractivity contribution in [1.82, 2.24) is 5.32 Å². The Labute approximate surface area is 194 Å². The number of aryl methyl sites for hydroxylation is 1. The van der Waals surface area contributed by atoms with E-state index in [1.165, 1.54) is 16.7 Å². The molecule has 4 rings (SSSR count). The van der Waals surface area contributed by atoms with Crippen LogP contribution in [-0.2, 0) is 9.59 Å². The van der Waals surface area contributed by atoms with E-state index in [0.717, 1.165) is 20.9 Å². The minimum atomic E-state index is -0.508. The summed E-state index contributed by atoms with van der Waals surface area (Å²) in [6, 6.07) is 22.5. The summed E-state index contributed by atoms with van der Waals surface area (Å²) in [4.78, 5) is 29.2. The van der Waals surface area contributed by atoms with Crippen molar-refractivity contribution in [1.29, 1.82) is 0 Å². The molecule has 2 amide bonds. The number of para-hydroxylation sites is 1. The monoisotopic (exact) mass is 464 g/mol. The Hall–Kier alpha value is -2.93. The molecular formula is C24H17ClN2O2S2. The van der Waals surface area contributed by atoms with E-state index >= 15 is 0 Å². The molecule has 31 heavy (non-hydrogen) atoms. The Morgan fingerprint density at radius 2 is 1.65 bits per heavy atom. The molecule has 0 saturated carbocycles. The Morgan fingerprint density at radius 3 is 2.39 bits per heavy atom. The van der Waals surface area contributed by atoms with Crippen molar-refractivity contribution in [3.63, 3.8) is 0 Å². The highest BCUT2D eigenvalue weighted by atomic mass is 35.5. The molecule has 1 heterocycles. The van der Waals surface area contributed by atoms with E-state index in [2.05, 4.69) is 5.32 Å². The van der Waals surface area contributed by atoms with Gasteiger partial charge in [-0.15, -0.1) is 0 Å². The molecule has 0 aliphatic carbocycles. The van der Waals surface area contributed by atoms with Crippen molar-refractivity contribution in [2.24, 2.45) is 0 Å². The predicted octanol–water partition coefficient (Wildman–Crippen LogP) is 5.63. The van der Waals surface area contributed by atoms with Crippen LogP contribution in [-0.4, -0.2) is 16.9 Å². The van der Waals surface area contributed by atoms with Crippen molar-refractivity contribution in [3.05, 3.63) is 94.5 Å². The molecule has 4 nitrogen and oxygen atoms in total. The summed E-state index contributed by atoms with van der Waals surface area (Å²) >= 11 is 12.8. The van der Waals surface area contributed by atoms with Gasteiger partial charge in [0.05, 0.1) is 5.69 Å². The van der Waals surface area contributed by atoms with Gasteiger partial charge in [-0.05, 0) is 72.7 Å². The number of nitrogens with zero attached hydrogens (tertiary/aromatic N) is 1. The molecule has 0 aromatic heterocycles. The Kier molecular flexibility index (Phi) is 6.23. The summed E-state index contributed by atoms with van der Waals surface area (Å²) in [5.41, 5.74) is 2.32. The first-order valence-corrected chi connectivity index (χ1v) is 11.0. The molecule has 0 unspecified atom stereocenters. The molecule has 0 spiro atoms. The molecule has 1 aliphatic rings. The van der Waals surface area contributed by atoms with Crippen LogP contribution < -0.4 is 10.2 Å². The van der Waals surface area contributed by atoms with Crippen LogP contribution in [0.25, 0.3) is 6.08 Å². The number of thiocarbonyl (C=S) groups is 1. The molecule has 3 aromatic carbocycles. The van der Waals surface area contributed by atoms with Crippen LogP contribution in [0.3, 0.4) is 0 Å². The number of amides is 2. The molecule has 1 N–H and O–H groups in total. The highest BCUT2D eigenvalue weighted by molar-refractivity contribution is 7.99. The summed E-state index contributed by atoms with van der Waals surface area (Å²) in [5, 5.41) is 3.38. The number of anilines is 1. The van der Waals surface area contributed by atoms with E-state index in [9.17, 15) is 9.59 Å². The topological polar surface area (TPSA) is 49.4 Å². The van der Waals surface area contributed by atoms with Crippen LogP contribution in [0.2, 0.25) is 5.02 Å². The molecule has 154 valence electrons. The Morgan fingerprint density at radius 1 is 0.968 bits per heavy atom. The second kappa shape index (κ2) is 9.06. The average Bonchev–Trinajstić information content (AvgIpc) is 2.75. The lowest BCUT2D eigenvalue weighted by Crippen LogP contribution is -2.54. The highest BCUT2D eigenvalue weighted by Crippen LogP contribution is 2.33. The Bertz CT molecular complexity index is 1220. The summed E-state index contributed by atoms with van der Waals surface area (Å²) in [6.07, 6.45) is 1.61. The van der Waals surface area contributed by atoms with Gasteiger partial charge in [-0.3, -0.25) is 19.8 Å². The second-order valence-corrected chi connectivity index (χ2v) is 8.78. The lowest BCUT2D eigenvalue weighted by molar-refractivity contribution is -0.122. The number of carbonyl (C=O) groups excluding carboxylic acids is 2. The quantitative estimate of drug-likeness (QED) is 0.309. The molecule has 0 bridgehead atoms. The van der Waals surface area contributed by atoms with E-state index in [1.807, 2.05) is 73.7 Å². The number of benzene rings is 3. The number of hydrogen-bond acceptors (Lipinski definition) is 4. The smallest absolute Gasteiger partial charge is 0.270 e. The first kappa shape index (κ1) is 21.3. The Balaban J connectivity index is 1.72. The molecule has 1 fully saturated rings. The number of hydrogen-bond donors (Lipinski definition) is 1. The zero-order chi connectivity index (χ0) is 22.0. The maximum absolute atomic E-state index is 13.3. The predicted molar refractivity (Wildman–Crippen MR) is 129 cm³/mol. The normalized spacial score (nSPS) is 15.4. The first-order valence-electron chi connectivity index (χ1n) is 9.43. The van der Waals surface area contributed by atoms with Crippen LogP contribution in [0.5, 0.6) is 0 Å². The van der Waals surface area contributed by atoms with Gasteiger partial charge in [-0.25, -0.2) is 0 Å². The van der Waals surface area contributed by atoms with Gasteiger partial charge in [0.2, 0.25) is 0 Å². The van der Waals surface area contributed by atoms with Crippen molar-refractivity contribution >= 4 is 64.3 Å². The maximum atomic E-state index is 13.3. The van der Waals surface area contributed by atoms with Crippen molar-refractivity contribution in [2.45, 2.75) is 16.7 Å². The van der Waals surface area contributed by atoms with E-state index in [1.54, 1.807) is 12.1 Å². The third-order valence-electron chi connectivity index (χ3n) is 4.72. The van der Waals surface area contributed by atoms with Gasteiger partial charge in [0.25, 0.3) is 11.8 Å². The van der Waals surface area contributed by atoms with Gasteiger partial charge < -0.3 is 0 Å². The van der Waals surface area contributed by atoms with Crippen molar-refractivity contribution < 1.29 is 9.59 Å². The highest BCUT2D eigenvalue weighted by Gasteiger charge is 2.35. The van der Waals surface area contributed by atoms with Crippen LogP contribution >= 0.6 is 35.6 Å². The minimum absolute atomic E-state index is 0.0287. The zero-order valence-corrected chi connectivity index (χ0v) is 18.9. The zero-order valence-electron chi connectivity index (χ0n) is 16.5. The largest absolute Gasteiger partial charge is 0.298 e. The second-order valence-electron chi connectivity index (χ2n) is 6.84. The number of nitrogens with one attached hydrogen (secondary N) is 1. The molecule has 0 radical (unpaired) electrons. The van der Waals surface area contributed by atoms with E-state index in [-0.39, 0.29) is 10.7 Å². The molecule has 7 heteroatoms. The van der Waals surface area contributed by atoms with Crippen molar-refractivity contribution in [2.75, 3.05) is 4.90 Å². The van der Waals surface area contributed by atoms with E-state index in [0.29, 0.717) is 10.7 Å². The average molecular weight is 465 g/mol. The van der Waals surface area contributed by atoms with Gasteiger partial charge >= 0.3 is 0 Å². The van der Waals surface area contributed by atoms with Crippen molar-refractivity contribution in [3.8, 4) is 0 Å². The fraction of sp³-hybridized carbons (Fsp3) is 0.0417. The van der Waals surface area contributed by atoms with Gasteiger partial charge in [0.15, 0.2) is 5.11 Å². The number of rotatable bonds is 4. The SMILES string of the molecule is Cc1ccccc1N1C(=O)/C(=C\c2ccccc2Sc2ccc(Cl)cc2)C(=O)NC1=S. The lowest BCUT2D eigenvalue weighted by Gasteiger charge is -2.30. The van der Waals surface area contributed by atoms with Crippen LogP contribution in [0.4, 0.5) is 5.69 Å². The van der Waals surface area contributed by atoms with Crippen LogP contribution in [0, 0.1) is 6.92 Å². The minimum Gasteiger partial charge on any atom is -0.298 e.